The highest BCUT2D eigenvalue weighted by Crippen LogP contribution is 2.42. The zero-order chi connectivity index (χ0) is 33.0. The van der Waals surface area contributed by atoms with E-state index in [1.165, 1.54) is 21.9 Å². The van der Waals surface area contributed by atoms with E-state index in [-0.39, 0.29) is 0 Å². The Kier molecular flexibility index (Phi) is 6.49. The second-order valence-corrected chi connectivity index (χ2v) is 12.7. The first kappa shape index (κ1) is 28.3. The molecule has 50 heavy (non-hydrogen) atoms. The summed E-state index contributed by atoms with van der Waals surface area (Å²) in [7, 11) is 0. The van der Waals surface area contributed by atoms with Gasteiger partial charge in [-0.15, -0.1) is 0 Å². The average Bonchev–Trinajstić information content (AvgIpc) is 3.77. The van der Waals surface area contributed by atoms with Gasteiger partial charge in [0.05, 0.1) is 11.0 Å². The van der Waals surface area contributed by atoms with Gasteiger partial charge in [0.15, 0.2) is 0 Å². The van der Waals surface area contributed by atoms with E-state index in [9.17, 15) is 0 Å². The van der Waals surface area contributed by atoms with Crippen LogP contribution in [-0.2, 0) is 0 Å². The molecule has 0 saturated carbocycles. The fraction of sp³-hybridized carbons (Fsp3) is 0. The van der Waals surface area contributed by atoms with Gasteiger partial charge in [0.2, 0.25) is 0 Å². The van der Waals surface area contributed by atoms with Gasteiger partial charge in [-0.1, -0.05) is 140 Å². The second-order valence-electron chi connectivity index (χ2n) is 12.7. The fourth-order valence-electron chi connectivity index (χ4n) is 7.47. The molecule has 0 atom stereocenters. The van der Waals surface area contributed by atoms with Gasteiger partial charge in [0.25, 0.3) is 0 Å². The standard InChI is InChI=1S/C47H30N2O/c1-2-14-35(15-3-1)49-44-22-8-7-21-43(44)48-47(49)41-29-28-34(38-19-11-20-40-39-17-6-9-23-45(39)50-46(38)40)30-42(41)33-26-24-32(25-27-33)37-18-10-13-31-12-4-5-16-36(31)37/h1-30H. The molecule has 0 unspecified atom stereocenters. The average molecular weight is 639 g/mol. The Morgan fingerprint density at radius 1 is 0.420 bits per heavy atom. The third kappa shape index (κ3) is 4.56. The summed E-state index contributed by atoms with van der Waals surface area (Å²) in [6.45, 7) is 0. The maximum atomic E-state index is 6.50. The third-order valence-corrected chi connectivity index (χ3v) is 9.85. The molecule has 0 N–H and O–H groups in total. The van der Waals surface area contributed by atoms with Crippen LogP contribution in [0.3, 0.4) is 0 Å². The minimum Gasteiger partial charge on any atom is -0.455 e. The van der Waals surface area contributed by atoms with Crippen molar-refractivity contribution in [1.82, 2.24) is 9.55 Å². The maximum Gasteiger partial charge on any atom is 0.146 e. The lowest BCUT2D eigenvalue weighted by molar-refractivity contribution is 0.670. The maximum absolute atomic E-state index is 6.50. The van der Waals surface area contributed by atoms with Gasteiger partial charge in [-0.3, -0.25) is 4.57 Å². The molecule has 2 heterocycles. The Balaban J connectivity index is 1.20. The van der Waals surface area contributed by atoms with Crippen molar-refractivity contribution in [3.8, 4) is 50.5 Å². The van der Waals surface area contributed by atoms with Crippen molar-refractivity contribution in [3.63, 3.8) is 0 Å². The van der Waals surface area contributed by atoms with Crippen molar-refractivity contribution < 1.29 is 4.42 Å². The molecule has 10 aromatic rings. The molecule has 0 aliphatic heterocycles. The lowest BCUT2D eigenvalue weighted by Gasteiger charge is -2.16. The predicted molar refractivity (Wildman–Crippen MR) is 208 cm³/mol. The van der Waals surface area contributed by atoms with Crippen LogP contribution in [0.5, 0.6) is 0 Å². The van der Waals surface area contributed by atoms with Gasteiger partial charge in [0.1, 0.15) is 17.0 Å². The van der Waals surface area contributed by atoms with Gasteiger partial charge in [-0.05, 0) is 81.1 Å². The van der Waals surface area contributed by atoms with Gasteiger partial charge in [-0.2, -0.15) is 0 Å². The van der Waals surface area contributed by atoms with Crippen LogP contribution in [0.25, 0.3) is 94.2 Å². The van der Waals surface area contributed by atoms with Crippen molar-refractivity contribution in [1.29, 1.82) is 0 Å². The Labute approximate surface area is 289 Å². The molecule has 0 radical (unpaired) electrons. The summed E-state index contributed by atoms with van der Waals surface area (Å²) in [6.07, 6.45) is 0. The summed E-state index contributed by atoms with van der Waals surface area (Å²) in [5, 5.41) is 4.74. The molecule has 234 valence electrons. The Bertz CT molecular complexity index is 2850. The van der Waals surface area contributed by atoms with Crippen LogP contribution in [-0.4, -0.2) is 9.55 Å². The fourth-order valence-corrected chi connectivity index (χ4v) is 7.47. The van der Waals surface area contributed by atoms with E-state index in [2.05, 4.69) is 174 Å². The molecule has 3 nitrogen and oxygen atoms in total. The zero-order valence-electron chi connectivity index (χ0n) is 27.1. The molecule has 10 rings (SSSR count). The van der Waals surface area contributed by atoms with E-state index in [0.717, 1.165) is 72.3 Å². The summed E-state index contributed by atoms with van der Waals surface area (Å²) in [5.74, 6) is 0.902. The van der Waals surface area contributed by atoms with Crippen LogP contribution in [0, 0.1) is 0 Å². The predicted octanol–water partition coefficient (Wildman–Crippen LogP) is 12.7. The Morgan fingerprint density at radius 2 is 1.06 bits per heavy atom. The minimum absolute atomic E-state index is 0.896. The van der Waals surface area contributed by atoms with Crippen LogP contribution in [0.1, 0.15) is 0 Å². The van der Waals surface area contributed by atoms with Crippen molar-refractivity contribution in [3.05, 3.63) is 182 Å². The number of nitrogens with zero attached hydrogens (tertiary/aromatic N) is 2. The lowest BCUT2D eigenvalue weighted by Crippen LogP contribution is -1.99. The van der Waals surface area contributed by atoms with Gasteiger partial charge in [-0.25, -0.2) is 4.98 Å². The molecule has 2 aromatic heterocycles. The first-order chi connectivity index (χ1) is 24.8. The first-order valence-corrected chi connectivity index (χ1v) is 17.0. The molecule has 0 amide bonds. The smallest absolute Gasteiger partial charge is 0.146 e. The van der Waals surface area contributed by atoms with Crippen molar-refractivity contribution in [2.24, 2.45) is 0 Å². The molecule has 0 spiro atoms. The molecule has 3 heteroatoms. The largest absolute Gasteiger partial charge is 0.455 e. The van der Waals surface area contributed by atoms with Gasteiger partial charge in [0, 0.05) is 27.6 Å². The SMILES string of the molecule is c1ccc(-n2c(-c3ccc(-c4cccc5c4oc4ccccc45)cc3-c3ccc(-c4cccc5ccccc45)cc3)nc3ccccc32)cc1. The second kappa shape index (κ2) is 11.5. The molecule has 0 aliphatic carbocycles. The number of benzene rings is 8. The van der Waals surface area contributed by atoms with E-state index in [1.54, 1.807) is 0 Å². The number of aromatic nitrogens is 2. The summed E-state index contributed by atoms with van der Waals surface area (Å²) in [4.78, 5) is 5.27. The topological polar surface area (TPSA) is 31.0 Å². The van der Waals surface area contributed by atoms with Crippen LogP contribution in [0.4, 0.5) is 0 Å². The monoisotopic (exact) mass is 638 g/mol. The van der Waals surface area contributed by atoms with E-state index in [1.807, 2.05) is 12.1 Å². The summed E-state index contributed by atoms with van der Waals surface area (Å²) in [6, 6.07) is 64.4. The van der Waals surface area contributed by atoms with Crippen LogP contribution >= 0.6 is 0 Å². The molecule has 0 saturated heterocycles. The number of fused-ring (bicyclic) bond motifs is 5. The molecule has 0 aliphatic rings. The highest BCUT2D eigenvalue weighted by Gasteiger charge is 2.20. The third-order valence-electron chi connectivity index (χ3n) is 9.85. The van der Waals surface area contributed by atoms with E-state index >= 15 is 0 Å². The highest BCUT2D eigenvalue weighted by molar-refractivity contribution is 6.10. The van der Waals surface area contributed by atoms with E-state index in [4.69, 9.17) is 9.40 Å². The number of imidazole rings is 1. The van der Waals surface area contributed by atoms with Crippen molar-refractivity contribution in [2.45, 2.75) is 0 Å². The molecular formula is C47H30N2O. The van der Waals surface area contributed by atoms with E-state index < -0.39 is 0 Å². The summed E-state index contributed by atoms with van der Waals surface area (Å²) >= 11 is 0. The Morgan fingerprint density at radius 3 is 1.94 bits per heavy atom. The van der Waals surface area contributed by atoms with E-state index in [0.29, 0.717) is 0 Å². The highest BCUT2D eigenvalue weighted by atomic mass is 16.3. The number of furan rings is 1. The van der Waals surface area contributed by atoms with Crippen molar-refractivity contribution in [2.75, 3.05) is 0 Å². The summed E-state index contributed by atoms with van der Waals surface area (Å²) in [5.41, 5.74) is 12.8. The van der Waals surface area contributed by atoms with Gasteiger partial charge < -0.3 is 4.42 Å². The number of hydrogen-bond donors (Lipinski definition) is 0. The number of hydrogen-bond acceptors (Lipinski definition) is 2. The van der Waals surface area contributed by atoms with Crippen LogP contribution in [0.2, 0.25) is 0 Å². The number of rotatable bonds is 5. The van der Waals surface area contributed by atoms with Crippen LogP contribution in [0.15, 0.2) is 186 Å². The molecule has 0 bridgehead atoms. The summed E-state index contributed by atoms with van der Waals surface area (Å²) < 4.78 is 8.77. The zero-order valence-corrected chi connectivity index (χ0v) is 27.1. The Hall–Kier alpha value is -6.71. The van der Waals surface area contributed by atoms with Gasteiger partial charge >= 0.3 is 0 Å². The van der Waals surface area contributed by atoms with Crippen molar-refractivity contribution >= 4 is 43.7 Å². The molecule has 8 aromatic carbocycles. The minimum atomic E-state index is 0.896. The quantitative estimate of drug-likeness (QED) is 0.188. The molecular weight excluding hydrogens is 609 g/mol. The lowest BCUT2D eigenvalue weighted by atomic mass is 9.91. The van der Waals surface area contributed by atoms with Crippen LogP contribution < -0.4 is 0 Å². The number of para-hydroxylation sites is 5. The normalized spacial score (nSPS) is 11.6. The first-order valence-electron chi connectivity index (χ1n) is 17.0. The molecule has 0 fully saturated rings.